The van der Waals surface area contributed by atoms with E-state index in [1.165, 1.54) is 0 Å². The van der Waals surface area contributed by atoms with Crippen LogP contribution in [0, 0.1) is 5.92 Å². The summed E-state index contributed by atoms with van der Waals surface area (Å²) >= 11 is 0. The lowest BCUT2D eigenvalue weighted by Crippen LogP contribution is -2.36. The number of fused-ring (bicyclic) bond motifs is 1. The van der Waals surface area contributed by atoms with Gasteiger partial charge < -0.3 is 19.2 Å². The van der Waals surface area contributed by atoms with Crippen molar-refractivity contribution in [2.24, 2.45) is 5.92 Å². The molecule has 4 rings (SSSR count). The summed E-state index contributed by atoms with van der Waals surface area (Å²) in [6.45, 7) is 4.18. The van der Waals surface area contributed by atoms with Gasteiger partial charge in [-0.15, -0.1) is 0 Å². The molecule has 0 spiro atoms. The Hall–Kier alpha value is -2.57. The zero-order valence-corrected chi connectivity index (χ0v) is 15.0. The molecule has 2 aliphatic rings. The van der Waals surface area contributed by atoms with Crippen molar-refractivity contribution in [3.63, 3.8) is 0 Å². The molecule has 26 heavy (non-hydrogen) atoms. The molecule has 1 fully saturated rings. The molecule has 7 nitrogen and oxygen atoms in total. The Morgan fingerprint density at radius 1 is 1.42 bits per heavy atom. The Morgan fingerprint density at radius 2 is 2.31 bits per heavy atom. The van der Waals surface area contributed by atoms with E-state index in [-0.39, 0.29) is 23.8 Å². The first-order chi connectivity index (χ1) is 12.6. The minimum absolute atomic E-state index is 0.0707. The summed E-state index contributed by atoms with van der Waals surface area (Å²) in [5.74, 6) is 1.97. The maximum absolute atomic E-state index is 12.5. The van der Waals surface area contributed by atoms with Crippen molar-refractivity contribution in [3.05, 3.63) is 41.9 Å². The average molecular weight is 356 g/mol. The van der Waals surface area contributed by atoms with Crippen LogP contribution in [0.25, 0.3) is 0 Å². The SMILES string of the molecule is CC1CC(CNC(=O)c2cnc3n2CCC3)CN1C(=O)Cc1ccco1. The van der Waals surface area contributed by atoms with Crippen molar-refractivity contribution in [3.8, 4) is 0 Å². The molecule has 2 unspecified atom stereocenters. The lowest BCUT2D eigenvalue weighted by Gasteiger charge is -2.21. The third kappa shape index (κ3) is 3.25. The van der Waals surface area contributed by atoms with Crippen LogP contribution in [-0.4, -0.2) is 45.4 Å². The number of nitrogens with zero attached hydrogens (tertiary/aromatic N) is 3. The van der Waals surface area contributed by atoms with Crippen LogP contribution in [0.3, 0.4) is 0 Å². The molecule has 1 N–H and O–H groups in total. The molecule has 2 aromatic heterocycles. The lowest BCUT2D eigenvalue weighted by molar-refractivity contribution is -0.131. The van der Waals surface area contributed by atoms with E-state index in [0.717, 1.165) is 31.6 Å². The molecule has 7 heteroatoms. The monoisotopic (exact) mass is 356 g/mol. The molecule has 2 aromatic rings. The normalized spacial score (nSPS) is 21.8. The van der Waals surface area contributed by atoms with Gasteiger partial charge in [-0.05, 0) is 37.8 Å². The molecule has 0 aromatic carbocycles. The standard InChI is InChI=1S/C19H24N4O3/c1-13-8-14(12-23(13)18(24)9-15-4-3-7-26-15)10-21-19(25)16-11-20-17-5-2-6-22(16)17/h3-4,7,11,13-14H,2,5-6,8-10,12H2,1H3,(H,21,25). The minimum Gasteiger partial charge on any atom is -0.469 e. The minimum atomic E-state index is -0.0707. The first-order valence-corrected chi connectivity index (χ1v) is 9.26. The van der Waals surface area contributed by atoms with Crippen LogP contribution in [0.1, 0.15) is 41.8 Å². The molecule has 2 atom stereocenters. The van der Waals surface area contributed by atoms with Crippen LogP contribution in [0.15, 0.2) is 29.0 Å². The summed E-state index contributed by atoms with van der Waals surface area (Å²) in [6.07, 6.45) is 6.44. The number of carbonyl (C=O) groups is 2. The van der Waals surface area contributed by atoms with Gasteiger partial charge in [-0.2, -0.15) is 0 Å². The van der Waals surface area contributed by atoms with Gasteiger partial charge in [-0.1, -0.05) is 0 Å². The summed E-state index contributed by atoms with van der Waals surface area (Å²) in [7, 11) is 0. The summed E-state index contributed by atoms with van der Waals surface area (Å²) in [4.78, 5) is 31.2. The van der Waals surface area contributed by atoms with Gasteiger partial charge >= 0.3 is 0 Å². The van der Waals surface area contributed by atoms with Gasteiger partial charge in [0.2, 0.25) is 5.91 Å². The Labute approximate surface area is 152 Å². The quantitative estimate of drug-likeness (QED) is 0.883. The van der Waals surface area contributed by atoms with Crippen LogP contribution >= 0.6 is 0 Å². The highest BCUT2D eigenvalue weighted by Crippen LogP contribution is 2.24. The summed E-state index contributed by atoms with van der Waals surface area (Å²) in [6, 6.07) is 3.79. The van der Waals surface area contributed by atoms with E-state index in [1.54, 1.807) is 18.5 Å². The van der Waals surface area contributed by atoms with Crippen LogP contribution in [-0.2, 0) is 24.2 Å². The number of rotatable bonds is 5. The number of amides is 2. The number of aryl methyl sites for hydroxylation is 1. The van der Waals surface area contributed by atoms with Crippen LogP contribution in [0.4, 0.5) is 0 Å². The predicted octanol–water partition coefficient (Wildman–Crippen LogP) is 1.63. The van der Waals surface area contributed by atoms with Gasteiger partial charge in [0.1, 0.15) is 17.3 Å². The molecule has 4 heterocycles. The highest BCUT2D eigenvalue weighted by molar-refractivity contribution is 5.92. The third-order valence-electron chi connectivity index (χ3n) is 5.39. The number of aromatic nitrogens is 2. The zero-order valence-electron chi connectivity index (χ0n) is 15.0. The average Bonchev–Trinajstić information content (AvgIpc) is 3.37. The van der Waals surface area contributed by atoms with Crippen LogP contribution in [0.2, 0.25) is 0 Å². The van der Waals surface area contributed by atoms with E-state index in [2.05, 4.69) is 17.2 Å². The van der Waals surface area contributed by atoms with Gasteiger partial charge in [0.05, 0.1) is 18.9 Å². The Morgan fingerprint density at radius 3 is 3.12 bits per heavy atom. The molecule has 0 bridgehead atoms. The van der Waals surface area contributed by atoms with E-state index in [4.69, 9.17) is 4.42 Å². The van der Waals surface area contributed by atoms with Crippen molar-refractivity contribution in [2.75, 3.05) is 13.1 Å². The highest BCUT2D eigenvalue weighted by Gasteiger charge is 2.33. The van der Waals surface area contributed by atoms with E-state index >= 15 is 0 Å². The van der Waals surface area contributed by atoms with Gasteiger partial charge in [-0.25, -0.2) is 4.98 Å². The number of imidazole rings is 1. The van der Waals surface area contributed by atoms with Crippen molar-refractivity contribution >= 4 is 11.8 Å². The largest absolute Gasteiger partial charge is 0.469 e. The third-order valence-corrected chi connectivity index (χ3v) is 5.39. The van der Waals surface area contributed by atoms with Gasteiger partial charge in [0, 0.05) is 32.1 Å². The maximum atomic E-state index is 12.5. The zero-order chi connectivity index (χ0) is 18.1. The van der Waals surface area contributed by atoms with Gasteiger partial charge in [0.25, 0.3) is 5.91 Å². The molecule has 2 amide bonds. The fourth-order valence-corrected chi connectivity index (χ4v) is 4.07. The number of hydrogen-bond acceptors (Lipinski definition) is 4. The lowest BCUT2D eigenvalue weighted by atomic mass is 10.1. The highest BCUT2D eigenvalue weighted by atomic mass is 16.3. The summed E-state index contributed by atoms with van der Waals surface area (Å²) in [5, 5.41) is 3.03. The fourth-order valence-electron chi connectivity index (χ4n) is 4.07. The second kappa shape index (κ2) is 6.97. The topological polar surface area (TPSA) is 80.4 Å². The Bertz CT molecular complexity index is 796. The molecular weight excluding hydrogens is 332 g/mol. The maximum Gasteiger partial charge on any atom is 0.269 e. The van der Waals surface area contributed by atoms with Crippen molar-refractivity contribution in [1.82, 2.24) is 19.8 Å². The smallest absolute Gasteiger partial charge is 0.269 e. The predicted molar refractivity (Wildman–Crippen MR) is 94.6 cm³/mol. The van der Waals surface area contributed by atoms with Crippen molar-refractivity contribution in [2.45, 2.75) is 45.2 Å². The van der Waals surface area contributed by atoms with Gasteiger partial charge in [0.15, 0.2) is 0 Å². The van der Waals surface area contributed by atoms with Crippen LogP contribution < -0.4 is 5.32 Å². The number of furan rings is 1. The second-order valence-electron chi connectivity index (χ2n) is 7.28. The molecule has 0 saturated carbocycles. The van der Waals surface area contributed by atoms with Crippen molar-refractivity contribution in [1.29, 1.82) is 0 Å². The fraction of sp³-hybridized carbons (Fsp3) is 0.526. The molecule has 0 aliphatic carbocycles. The summed E-state index contributed by atoms with van der Waals surface area (Å²) in [5.41, 5.74) is 0.647. The van der Waals surface area contributed by atoms with E-state index in [9.17, 15) is 9.59 Å². The first kappa shape index (κ1) is 16.9. The number of hydrogen-bond donors (Lipinski definition) is 1. The summed E-state index contributed by atoms with van der Waals surface area (Å²) < 4.78 is 7.28. The van der Waals surface area contributed by atoms with Gasteiger partial charge in [-0.3, -0.25) is 9.59 Å². The molecular formula is C19H24N4O3. The number of likely N-dealkylation sites (tertiary alicyclic amines) is 1. The Balaban J connectivity index is 1.30. The molecule has 138 valence electrons. The molecule has 0 radical (unpaired) electrons. The number of carbonyl (C=O) groups excluding carboxylic acids is 2. The van der Waals surface area contributed by atoms with Crippen LogP contribution in [0.5, 0.6) is 0 Å². The Kier molecular flexibility index (Phi) is 4.53. The van der Waals surface area contributed by atoms with E-state index in [0.29, 0.717) is 31.0 Å². The van der Waals surface area contributed by atoms with Crippen molar-refractivity contribution < 1.29 is 14.0 Å². The number of nitrogens with one attached hydrogen (secondary N) is 1. The molecule has 1 saturated heterocycles. The molecule has 2 aliphatic heterocycles. The van der Waals surface area contributed by atoms with E-state index in [1.807, 2.05) is 15.5 Å². The van der Waals surface area contributed by atoms with E-state index < -0.39 is 0 Å². The first-order valence-electron chi connectivity index (χ1n) is 9.26. The second-order valence-corrected chi connectivity index (χ2v) is 7.28.